The van der Waals surface area contributed by atoms with Crippen molar-refractivity contribution < 1.29 is 17.6 Å². The molecule has 2 rings (SSSR count). The Hall–Kier alpha value is -2.41. The highest BCUT2D eigenvalue weighted by atomic mass is 32.2. The Morgan fingerprint density at radius 1 is 1.12 bits per heavy atom. The van der Waals surface area contributed by atoms with Gasteiger partial charge < -0.3 is 5.32 Å². The van der Waals surface area contributed by atoms with E-state index in [0.29, 0.717) is 5.69 Å². The van der Waals surface area contributed by atoms with Gasteiger partial charge in [0.05, 0.1) is 11.9 Å². The van der Waals surface area contributed by atoms with Crippen LogP contribution in [-0.4, -0.2) is 26.6 Å². The molecule has 0 saturated heterocycles. The molecule has 0 aliphatic rings. The normalized spacial score (nSPS) is 12.5. The molecule has 7 heteroatoms. The molecule has 0 heterocycles. The van der Waals surface area contributed by atoms with Gasteiger partial charge in [-0.1, -0.05) is 29.8 Å². The fourth-order valence-corrected chi connectivity index (χ4v) is 3.47. The number of carbonyl (C=O) groups is 1. The second kappa shape index (κ2) is 7.00. The van der Waals surface area contributed by atoms with Crippen molar-refractivity contribution in [2.75, 3.05) is 15.9 Å². The van der Waals surface area contributed by atoms with Crippen LogP contribution in [0, 0.1) is 12.7 Å². The topological polar surface area (TPSA) is 66.5 Å². The Morgan fingerprint density at radius 2 is 1.71 bits per heavy atom. The maximum atomic E-state index is 14.0. The van der Waals surface area contributed by atoms with E-state index in [-0.39, 0.29) is 5.69 Å². The van der Waals surface area contributed by atoms with E-state index in [1.165, 1.54) is 25.1 Å². The van der Waals surface area contributed by atoms with Gasteiger partial charge >= 0.3 is 0 Å². The summed E-state index contributed by atoms with van der Waals surface area (Å²) in [6.45, 7) is 3.33. The van der Waals surface area contributed by atoms with Gasteiger partial charge in [-0.2, -0.15) is 0 Å². The quantitative estimate of drug-likeness (QED) is 0.902. The Balaban J connectivity index is 2.31. The van der Waals surface area contributed by atoms with E-state index in [9.17, 15) is 17.6 Å². The molecule has 0 aliphatic heterocycles. The first-order chi connectivity index (χ1) is 11.2. The highest BCUT2D eigenvalue weighted by Gasteiger charge is 2.30. The van der Waals surface area contributed by atoms with Crippen molar-refractivity contribution in [1.29, 1.82) is 0 Å². The third-order valence-electron chi connectivity index (χ3n) is 3.50. The van der Waals surface area contributed by atoms with Crippen molar-refractivity contribution in [3.63, 3.8) is 0 Å². The predicted molar refractivity (Wildman–Crippen MR) is 93.0 cm³/mol. The summed E-state index contributed by atoms with van der Waals surface area (Å²) >= 11 is 0. The first-order valence-electron chi connectivity index (χ1n) is 7.31. The molecular weight excluding hydrogens is 331 g/mol. The minimum absolute atomic E-state index is 0.161. The zero-order valence-electron chi connectivity index (χ0n) is 13.7. The van der Waals surface area contributed by atoms with Crippen molar-refractivity contribution in [1.82, 2.24) is 0 Å². The molecular formula is C17H19FN2O3S. The zero-order chi connectivity index (χ0) is 17.9. The highest BCUT2D eigenvalue weighted by molar-refractivity contribution is 7.92. The number of halogens is 1. The molecule has 1 unspecified atom stereocenters. The number of hydrogen-bond donors (Lipinski definition) is 1. The van der Waals surface area contributed by atoms with Crippen LogP contribution in [-0.2, 0) is 14.8 Å². The lowest BCUT2D eigenvalue weighted by Crippen LogP contribution is -2.45. The van der Waals surface area contributed by atoms with Crippen LogP contribution in [0.15, 0.2) is 48.5 Å². The number of carbonyl (C=O) groups excluding carboxylic acids is 1. The average Bonchev–Trinajstić information content (AvgIpc) is 2.50. The van der Waals surface area contributed by atoms with E-state index in [0.717, 1.165) is 22.2 Å². The van der Waals surface area contributed by atoms with Crippen LogP contribution in [0.2, 0.25) is 0 Å². The number of hydrogen-bond acceptors (Lipinski definition) is 3. The lowest BCUT2D eigenvalue weighted by molar-refractivity contribution is -0.116. The molecule has 128 valence electrons. The van der Waals surface area contributed by atoms with Crippen molar-refractivity contribution in [3.05, 3.63) is 59.9 Å². The van der Waals surface area contributed by atoms with E-state index in [2.05, 4.69) is 5.32 Å². The van der Waals surface area contributed by atoms with Gasteiger partial charge in [0.2, 0.25) is 15.9 Å². The number of sulfonamides is 1. The SMILES string of the molecule is Cc1ccc(NC(=O)C(C)N(c2ccccc2F)S(C)(=O)=O)cc1. The van der Waals surface area contributed by atoms with Gasteiger partial charge in [-0.15, -0.1) is 0 Å². The number of rotatable bonds is 5. The third kappa shape index (κ3) is 4.11. The number of aryl methyl sites for hydroxylation is 1. The standard InChI is InChI=1S/C17H19FN2O3S/c1-12-8-10-14(11-9-12)19-17(21)13(2)20(24(3,22)23)16-7-5-4-6-15(16)18/h4-11,13H,1-3H3,(H,19,21). The van der Waals surface area contributed by atoms with Gasteiger partial charge in [0.1, 0.15) is 11.9 Å². The van der Waals surface area contributed by atoms with Gasteiger partial charge in [-0.25, -0.2) is 12.8 Å². The molecule has 0 saturated carbocycles. The van der Waals surface area contributed by atoms with Crippen molar-refractivity contribution in [3.8, 4) is 0 Å². The van der Waals surface area contributed by atoms with Crippen LogP contribution in [0.5, 0.6) is 0 Å². The van der Waals surface area contributed by atoms with Crippen LogP contribution in [0.4, 0.5) is 15.8 Å². The second-order valence-corrected chi connectivity index (χ2v) is 7.40. The number of anilines is 2. The molecule has 0 aromatic heterocycles. The molecule has 0 bridgehead atoms. The van der Waals surface area contributed by atoms with E-state index < -0.39 is 27.8 Å². The smallest absolute Gasteiger partial charge is 0.247 e. The molecule has 5 nitrogen and oxygen atoms in total. The summed E-state index contributed by atoms with van der Waals surface area (Å²) in [7, 11) is -3.85. The van der Waals surface area contributed by atoms with Crippen molar-refractivity contribution in [2.45, 2.75) is 19.9 Å². The van der Waals surface area contributed by atoms with E-state index in [4.69, 9.17) is 0 Å². The first kappa shape index (κ1) is 17.9. The zero-order valence-corrected chi connectivity index (χ0v) is 14.5. The van der Waals surface area contributed by atoms with E-state index in [1.807, 2.05) is 19.1 Å². The van der Waals surface area contributed by atoms with Crippen LogP contribution in [0.3, 0.4) is 0 Å². The number of para-hydroxylation sites is 1. The predicted octanol–water partition coefficient (Wildman–Crippen LogP) is 2.93. The fourth-order valence-electron chi connectivity index (χ4n) is 2.30. The number of nitrogens with one attached hydrogen (secondary N) is 1. The molecule has 1 atom stereocenters. The van der Waals surface area contributed by atoms with Gasteiger partial charge in [0.15, 0.2) is 0 Å². The molecule has 0 fully saturated rings. The maximum absolute atomic E-state index is 14.0. The number of nitrogens with zero attached hydrogens (tertiary/aromatic N) is 1. The van der Waals surface area contributed by atoms with Gasteiger partial charge in [-0.05, 0) is 38.1 Å². The largest absolute Gasteiger partial charge is 0.324 e. The summed E-state index contributed by atoms with van der Waals surface area (Å²) in [4.78, 5) is 12.4. The van der Waals surface area contributed by atoms with Crippen molar-refractivity contribution in [2.24, 2.45) is 0 Å². The Kier molecular flexibility index (Phi) is 5.23. The summed E-state index contributed by atoms with van der Waals surface area (Å²) in [5, 5.41) is 2.64. The van der Waals surface area contributed by atoms with E-state index in [1.54, 1.807) is 12.1 Å². The van der Waals surface area contributed by atoms with Gasteiger partial charge in [-0.3, -0.25) is 9.10 Å². The van der Waals surface area contributed by atoms with E-state index >= 15 is 0 Å². The average molecular weight is 350 g/mol. The highest BCUT2D eigenvalue weighted by Crippen LogP contribution is 2.24. The van der Waals surface area contributed by atoms with Crippen LogP contribution >= 0.6 is 0 Å². The van der Waals surface area contributed by atoms with Crippen LogP contribution in [0.25, 0.3) is 0 Å². The third-order valence-corrected chi connectivity index (χ3v) is 4.73. The molecule has 2 aromatic carbocycles. The molecule has 1 N–H and O–H groups in total. The second-order valence-electron chi connectivity index (χ2n) is 5.54. The fraction of sp³-hybridized carbons (Fsp3) is 0.235. The van der Waals surface area contributed by atoms with Crippen LogP contribution < -0.4 is 9.62 Å². The summed E-state index contributed by atoms with van der Waals surface area (Å²) in [6.07, 6.45) is 0.940. The minimum atomic E-state index is -3.85. The molecule has 0 aliphatic carbocycles. The van der Waals surface area contributed by atoms with Gasteiger partial charge in [0, 0.05) is 5.69 Å². The Morgan fingerprint density at radius 3 is 2.25 bits per heavy atom. The molecule has 0 radical (unpaired) electrons. The molecule has 1 amide bonds. The summed E-state index contributed by atoms with van der Waals surface area (Å²) in [6, 6.07) is 11.4. The number of amides is 1. The maximum Gasteiger partial charge on any atom is 0.247 e. The summed E-state index contributed by atoms with van der Waals surface area (Å²) in [5.74, 6) is -1.26. The summed E-state index contributed by atoms with van der Waals surface area (Å²) in [5.41, 5.74) is 1.41. The number of benzene rings is 2. The molecule has 24 heavy (non-hydrogen) atoms. The monoisotopic (exact) mass is 350 g/mol. The van der Waals surface area contributed by atoms with Crippen LogP contribution in [0.1, 0.15) is 12.5 Å². The molecule has 0 spiro atoms. The lowest BCUT2D eigenvalue weighted by atomic mass is 10.2. The van der Waals surface area contributed by atoms with Gasteiger partial charge in [0.25, 0.3) is 0 Å². The Labute approximate surface area is 141 Å². The lowest BCUT2D eigenvalue weighted by Gasteiger charge is -2.28. The minimum Gasteiger partial charge on any atom is -0.324 e. The summed E-state index contributed by atoms with van der Waals surface area (Å²) < 4.78 is 39.0. The Bertz CT molecular complexity index is 835. The molecule has 2 aromatic rings. The first-order valence-corrected chi connectivity index (χ1v) is 9.16. The van der Waals surface area contributed by atoms with Crippen molar-refractivity contribution >= 4 is 27.3 Å².